The Hall–Kier alpha value is 0.130. The van der Waals surface area contributed by atoms with Gasteiger partial charge >= 0.3 is 0 Å². The summed E-state index contributed by atoms with van der Waals surface area (Å²) in [5.74, 6) is 0. The molecular formula is C7H5Cl4NO2S. The predicted octanol–water partition coefficient (Wildman–Crippen LogP) is 3.57. The topological polar surface area (TPSA) is 37.4 Å². The summed E-state index contributed by atoms with van der Waals surface area (Å²) < 4.78 is 22.8. The zero-order valence-corrected chi connectivity index (χ0v) is 11.2. The van der Waals surface area contributed by atoms with Crippen LogP contribution in [0.3, 0.4) is 0 Å². The first-order chi connectivity index (χ1) is 6.75. The number of anilines is 1. The van der Waals surface area contributed by atoms with Crippen molar-refractivity contribution in [2.24, 2.45) is 0 Å². The van der Waals surface area contributed by atoms with Gasteiger partial charge in [0.2, 0.25) is 10.0 Å². The SMILES string of the molecule is CS(=O)(=O)N(Cl)c1ccc(Cl)c(Cl)c1Cl. The summed E-state index contributed by atoms with van der Waals surface area (Å²) in [5, 5.41) is 0.277. The van der Waals surface area contributed by atoms with Crippen molar-refractivity contribution in [1.29, 1.82) is 0 Å². The fourth-order valence-corrected chi connectivity index (χ4v) is 2.19. The summed E-state index contributed by atoms with van der Waals surface area (Å²) in [6, 6.07) is 2.77. The normalized spacial score (nSPS) is 11.5. The Morgan fingerprint density at radius 2 is 1.67 bits per heavy atom. The van der Waals surface area contributed by atoms with Gasteiger partial charge in [-0.25, -0.2) is 8.42 Å². The lowest BCUT2D eigenvalue weighted by Gasteiger charge is -2.15. The smallest absolute Gasteiger partial charge is 0.205 e. The first-order valence-electron chi connectivity index (χ1n) is 3.54. The van der Waals surface area contributed by atoms with Crippen LogP contribution in [0.15, 0.2) is 12.1 Å². The lowest BCUT2D eigenvalue weighted by molar-refractivity contribution is 0.603. The van der Waals surface area contributed by atoms with Crippen molar-refractivity contribution in [2.45, 2.75) is 0 Å². The quantitative estimate of drug-likeness (QED) is 0.619. The average molecular weight is 309 g/mol. The minimum absolute atomic E-state index is 0.00964. The van der Waals surface area contributed by atoms with Crippen LogP contribution in [0.2, 0.25) is 15.1 Å². The van der Waals surface area contributed by atoms with E-state index in [0.29, 0.717) is 3.82 Å². The molecule has 0 N–H and O–H groups in total. The molecule has 0 saturated heterocycles. The van der Waals surface area contributed by atoms with Crippen LogP contribution >= 0.6 is 46.6 Å². The minimum atomic E-state index is -3.60. The molecule has 0 aliphatic heterocycles. The molecule has 0 radical (unpaired) electrons. The zero-order valence-electron chi connectivity index (χ0n) is 7.34. The van der Waals surface area contributed by atoms with Crippen LogP contribution in [0.1, 0.15) is 0 Å². The Bertz CT molecular complexity index is 488. The number of sulfonamides is 1. The highest BCUT2D eigenvalue weighted by molar-refractivity contribution is 7.93. The molecule has 0 aliphatic carbocycles. The Kier molecular flexibility index (Phi) is 4.01. The van der Waals surface area contributed by atoms with Gasteiger partial charge in [0.05, 0.1) is 27.0 Å². The van der Waals surface area contributed by atoms with E-state index in [1.165, 1.54) is 12.1 Å². The number of hydrogen-bond donors (Lipinski definition) is 0. The van der Waals surface area contributed by atoms with Crippen molar-refractivity contribution in [1.82, 2.24) is 0 Å². The fourth-order valence-electron chi connectivity index (χ4n) is 0.830. The third-order valence-electron chi connectivity index (χ3n) is 1.50. The van der Waals surface area contributed by atoms with Crippen LogP contribution in [0, 0.1) is 0 Å². The number of halogens is 4. The molecule has 0 aliphatic rings. The third kappa shape index (κ3) is 2.82. The van der Waals surface area contributed by atoms with Gasteiger partial charge in [0.25, 0.3) is 0 Å². The molecule has 3 nitrogen and oxygen atoms in total. The molecule has 0 unspecified atom stereocenters. The molecule has 0 bridgehead atoms. The van der Waals surface area contributed by atoms with E-state index in [2.05, 4.69) is 0 Å². The van der Waals surface area contributed by atoms with E-state index in [4.69, 9.17) is 46.6 Å². The van der Waals surface area contributed by atoms with Gasteiger partial charge in [0.15, 0.2) is 0 Å². The maximum Gasteiger partial charge on any atom is 0.246 e. The number of hydrogen-bond acceptors (Lipinski definition) is 2. The third-order valence-corrected chi connectivity index (χ3v) is 4.49. The van der Waals surface area contributed by atoms with Crippen LogP contribution in [0.5, 0.6) is 0 Å². The van der Waals surface area contributed by atoms with Gasteiger partial charge in [0, 0.05) is 11.8 Å². The first kappa shape index (κ1) is 13.2. The molecule has 84 valence electrons. The van der Waals surface area contributed by atoms with Crippen molar-refractivity contribution in [3.8, 4) is 0 Å². The maximum absolute atomic E-state index is 11.1. The highest BCUT2D eigenvalue weighted by atomic mass is 35.5. The van der Waals surface area contributed by atoms with E-state index < -0.39 is 10.0 Å². The Morgan fingerprint density at radius 1 is 1.13 bits per heavy atom. The average Bonchev–Trinajstić information content (AvgIpc) is 2.12. The van der Waals surface area contributed by atoms with Crippen LogP contribution < -0.4 is 3.82 Å². The molecule has 0 amide bonds. The molecule has 0 saturated carbocycles. The molecule has 8 heteroatoms. The van der Waals surface area contributed by atoms with Gasteiger partial charge in [-0.15, -0.1) is 0 Å². The highest BCUT2D eigenvalue weighted by Gasteiger charge is 2.20. The molecule has 1 aromatic carbocycles. The van der Waals surface area contributed by atoms with E-state index in [-0.39, 0.29) is 20.8 Å². The van der Waals surface area contributed by atoms with E-state index in [1.807, 2.05) is 0 Å². The summed E-state index contributed by atoms with van der Waals surface area (Å²) >= 11 is 22.8. The Morgan fingerprint density at radius 3 is 2.13 bits per heavy atom. The monoisotopic (exact) mass is 307 g/mol. The van der Waals surface area contributed by atoms with Crippen molar-refractivity contribution in [3.05, 3.63) is 27.2 Å². The maximum atomic E-state index is 11.1. The van der Waals surface area contributed by atoms with Crippen LogP contribution in [-0.2, 0) is 10.0 Å². The predicted molar refractivity (Wildman–Crippen MR) is 64.6 cm³/mol. The number of rotatable bonds is 2. The van der Waals surface area contributed by atoms with Crippen LogP contribution in [0.25, 0.3) is 0 Å². The van der Waals surface area contributed by atoms with Crippen molar-refractivity contribution < 1.29 is 8.42 Å². The Labute approximate surface area is 108 Å². The fraction of sp³-hybridized carbons (Fsp3) is 0.143. The van der Waals surface area contributed by atoms with E-state index in [0.717, 1.165) is 6.26 Å². The minimum Gasteiger partial charge on any atom is -0.205 e. The lowest BCUT2D eigenvalue weighted by Crippen LogP contribution is -2.19. The van der Waals surface area contributed by atoms with E-state index in [9.17, 15) is 8.42 Å². The van der Waals surface area contributed by atoms with Gasteiger partial charge < -0.3 is 0 Å². The highest BCUT2D eigenvalue weighted by Crippen LogP contribution is 2.38. The summed E-state index contributed by atoms with van der Waals surface area (Å²) in [4.78, 5) is 0. The van der Waals surface area contributed by atoms with Crippen molar-refractivity contribution in [3.63, 3.8) is 0 Å². The van der Waals surface area contributed by atoms with Gasteiger partial charge in [-0.3, -0.25) is 0 Å². The summed E-state index contributed by atoms with van der Waals surface area (Å²) in [5.41, 5.74) is 0.0650. The van der Waals surface area contributed by atoms with Gasteiger partial charge in [0.1, 0.15) is 0 Å². The van der Waals surface area contributed by atoms with Crippen molar-refractivity contribution in [2.75, 3.05) is 10.1 Å². The molecule has 0 atom stereocenters. The standard InChI is InChI=1S/C7H5Cl4NO2S/c1-15(13,14)12(11)5-3-2-4(8)6(9)7(5)10/h2-3H,1H3. The lowest BCUT2D eigenvalue weighted by atomic mass is 10.3. The van der Waals surface area contributed by atoms with Crippen LogP contribution in [0.4, 0.5) is 5.69 Å². The largest absolute Gasteiger partial charge is 0.246 e. The van der Waals surface area contributed by atoms with Gasteiger partial charge in [-0.1, -0.05) is 34.8 Å². The van der Waals surface area contributed by atoms with Gasteiger partial charge in [-0.05, 0) is 12.1 Å². The zero-order chi connectivity index (χ0) is 11.8. The number of nitrogens with zero attached hydrogens (tertiary/aromatic N) is 1. The van der Waals surface area contributed by atoms with E-state index >= 15 is 0 Å². The first-order valence-corrected chi connectivity index (χ1v) is 6.86. The molecule has 0 fully saturated rings. The molecule has 15 heavy (non-hydrogen) atoms. The Balaban J connectivity index is 3.35. The number of benzene rings is 1. The second-order valence-electron chi connectivity index (χ2n) is 2.67. The molecule has 1 aromatic rings. The molecule has 0 spiro atoms. The molecule has 0 heterocycles. The molecular weight excluding hydrogens is 304 g/mol. The van der Waals surface area contributed by atoms with Crippen molar-refractivity contribution >= 4 is 62.3 Å². The van der Waals surface area contributed by atoms with E-state index in [1.54, 1.807) is 0 Å². The second-order valence-corrected chi connectivity index (χ2v) is 6.21. The summed E-state index contributed by atoms with van der Waals surface area (Å²) in [6.45, 7) is 0. The summed E-state index contributed by atoms with van der Waals surface area (Å²) in [7, 11) is -3.60. The second kappa shape index (κ2) is 4.55. The summed E-state index contributed by atoms with van der Waals surface area (Å²) in [6.07, 6.45) is 0.943. The van der Waals surface area contributed by atoms with Gasteiger partial charge in [-0.2, -0.15) is 3.82 Å². The molecule has 1 rings (SSSR count). The van der Waals surface area contributed by atoms with Crippen LogP contribution in [-0.4, -0.2) is 14.7 Å². The molecule has 0 aromatic heterocycles.